The van der Waals surface area contributed by atoms with E-state index >= 15 is 0 Å². The summed E-state index contributed by atoms with van der Waals surface area (Å²) in [7, 11) is 2.23. The molecule has 1 nitrogen and oxygen atoms in total. The SMILES string of the molecule is CN1CCCCC1c1ccc(C#Cc2ccccc2)cc1. The molecule has 2 aromatic carbocycles. The summed E-state index contributed by atoms with van der Waals surface area (Å²) in [5.74, 6) is 6.45. The number of piperidine rings is 1. The first-order valence-electron chi connectivity index (χ1n) is 7.70. The van der Waals surface area contributed by atoms with Gasteiger partial charge >= 0.3 is 0 Å². The maximum Gasteiger partial charge on any atom is 0.0345 e. The molecule has 1 saturated heterocycles. The first-order chi connectivity index (χ1) is 10.3. The molecule has 1 heteroatoms. The minimum Gasteiger partial charge on any atom is -0.299 e. The van der Waals surface area contributed by atoms with Crippen LogP contribution in [0.3, 0.4) is 0 Å². The zero-order chi connectivity index (χ0) is 14.5. The lowest BCUT2D eigenvalue weighted by Crippen LogP contribution is -2.29. The van der Waals surface area contributed by atoms with Crippen LogP contribution in [0, 0.1) is 11.8 Å². The Labute approximate surface area is 127 Å². The van der Waals surface area contributed by atoms with Gasteiger partial charge in [-0.25, -0.2) is 0 Å². The Bertz CT molecular complexity index is 631. The molecule has 1 heterocycles. The Kier molecular flexibility index (Phi) is 4.38. The van der Waals surface area contributed by atoms with Gasteiger partial charge in [0.2, 0.25) is 0 Å². The molecule has 1 unspecified atom stereocenters. The van der Waals surface area contributed by atoms with Crippen LogP contribution < -0.4 is 0 Å². The van der Waals surface area contributed by atoms with Crippen LogP contribution in [-0.4, -0.2) is 18.5 Å². The first-order valence-corrected chi connectivity index (χ1v) is 7.70. The van der Waals surface area contributed by atoms with Crippen molar-refractivity contribution in [2.75, 3.05) is 13.6 Å². The normalized spacial score (nSPS) is 18.8. The van der Waals surface area contributed by atoms with Crippen molar-refractivity contribution in [2.45, 2.75) is 25.3 Å². The quantitative estimate of drug-likeness (QED) is 0.704. The first kappa shape index (κ1) is 13.9. The van der Waals surface area contributed by atoms with Gasteiger partial charge in [0.1, 0.15) is 0 Å². The van der Waals surface area contributed by atoms with Crippen molar-refractivity contribution in [3.05, 3.63) is 71.3 Å². The van der Waals surface area contributed by atoms with Gasteiger partial charge in [-0.3, -0.25) is 4.90 Å². The average Bonchev–Trinajstić information content (AvgIpc) is 2.55. The highest BCUT2D eigenvalue weighted by molar-refractivity contribution is 5.43. The van der Waals surface area contributed by atoms with Gasteiger partial charge in [0.15, 0.2) is 0 Å². The van der Waals surface area contributed by atoms with Crippen molar-refractivity contribution in [1.29, 1.82) is 0 Å². The second-order valence-electron chi connectivity index (χ2n) is 5.73. The highest BCUT2D eigenvalue weighted by atomic mass is 15.1. The maximum atomic E-state index is 3.24. The largest absolute Gasteiger partial charge is 0.299 e. The molecule has 0 amide bonds. The molecular formula is C20H21N. The van der Waals surface area contributed by atoms with E-state index < -0.39 is 0 Å². The van der Waals surface area contributed by atoms with E-state index in [1.54, 1.807) is 0 Å². The smallest absolute Gasteiger partial charge is 0.0345 e. The minimum absolute atomic E-state index is 0.579. The Morgan fingerprint density at radius 3 is 2.19 bits per heavy atom. The second-order valence-corrected chi connectivity index (χ2v) is 5.73. The van der Waals surface area contributed by atoms with Gasteiger partial charge in [-0.2, -0.15) is 0 Å². The average molecular weight is 275 g/mol. The molecule has 2 aromatic rings. The Hall–Kier alpha value is -2.04. The van der Waals surface area contributed by atoms with Gasteiger partial charge in [-0.05, 0) is 56.3 Å². The standard InChI is InChI=1S/C20H21N/c1-21-16-6-5-9-20(21)19-14-12-18(13-15-19)11-10-17-7-3-2-4-8-17/h2-4,7-8,12-15,20H,5-6,9,16H2,1H3. The predicted molar refractivity (Wildman–Crippen MR) is 88.1 cm³/mol. The molecule has 1 aliphatic heterocycles. The number of nitrogens with zero attached hydrogens (tertiary/aromatic N) is 1. The number of rotatable bonds is 1. The van der Waals surface area contributed by atoms with E-state index in [1.807, 2.05) is 30.3 Å². The summed E-state index contributed by atoms with van der Waals surface area (Å²) in [6, 6.07) is 19.5. The van der Waals surface area contributed by atoms with Gasteiger partial charge in [0, 0.05) is 17.2 Å². The third kappa shape index (κ3) is 3.54. The molecular weight excluding hydrogens is 254 g/mol. The fourth-order valence-electron chi connectivity index (χ4n) is 2.95. The van der Waals surface area contributed by atoms with Crippen LogP contribution in [0.2, 0.25) is 0 Å². The lowest BCUT2D eigenvalue weighted by atomic mass is 9.95. The second kappa shape index (κ2) is 6.61. The summed E-state index contributed by atoms with van der Waals surface area (Å²) < 4.78 is 0. The summed E-state index contributed by atoms with van der Waals surface area (Å²) in [6.45, 7) is 1.21. The maximum absolute atomic E-state index is 3.24. The highest BCUT2D eigenvalue weighted by Gasteiger charge is 2.19. The molecule has 0 aromatic heterocycles. The third-order valence-corrected chi connectivity index (χ3v) is 4.19. The van der Waals surface area contributed by atoms with Crippen LogP contribution in [0.1, 0.15) is 42.0 Å². The summed E-state index contributed by atoms with van der Waals surface area (Å²) in [5, 5.41) is 0. The molecule has 0 aliphatic carbocycles. The van der Waals surface area contributed by atoms with E-state index in [9.17, 15) is 0 Å². The van der Waals surface area contributed by atoms with Crippen molar-refractivity contribution >= 4 is 0 Å². The van der Waals surface area contributed by atoms with Crippen LogP contribution in [0.25, 0.3) is 0 Å². The van der Waals surface area contributed by atoms with E-state index in [1.165, 1.54) is 31.4 Å². The number of hydrogen-bond donors (Lipinski definition) is 0. The van der Waals surface area contributed by atoms with Crippen molar-refractivity contribution < 1.29 is 0 Å². The predicted octanol–water partition coefficient (Wildman–Crippen LogP) is 4.24. The molecule has 1 fully saturated rings. The molecule has 0 radical (unpaired) electrons. The van der Waals surface area contributed by atoms with Crippen LogP contribution in [0.4, 0.5) is 0 Å². The van der Waals surface area contributed by atoms with Crippen molar-refractivity contribution in [2.24, 2.45) is 0 Å². The molecule has 0 saturated carbocycles. The van der Waals surface area contributed by atoms with Crippen LogP contribution >= 0.6 is 0 Å². The van der Waals surface area contributed by atoms with E-state index in [4.69, 9.17) is 0 Å². The highest BCUT2D eigenvalue weighted by Crippen LogP contribution is 2.29. The third-order valence-electron chi connectivity index (χ3n) is 4.19. The zero-order valence-electron chi connectivity index (χ0n) is 12.5. The van der Waals surface area contributed by atoms with E-state index in [0.29, 0.717) is 6.04 Å². The van der Waals surface area contributed by atoms with Crippen molar-refractivity contribution in [3.63, 3.8) is 0 Å². The molecule has 3 rings (SSSR count). The Balaban J connectivity index is 1.74. The number of likely N-dealkylation sites (tertiary alicyclic amines) is 1. The lowest BCUT2D eigenvalue weighted by Gasteiger charge is -2.32. The summed E-state index contributed by atoms with van der Waals surface area (Å²) in [5.41, 5.74) is 3.57. The van der Waals surface area contributed by atoms with Crippen LogP contribution in [0.5, 0.6) is 0 Å². The Morgan fingerprint density at radius 1 is 0.857 bits per heavy atom. The summed E-state index contributed by atoms with van der Waals surface area (Å²) in [4.78, 5) is 2.47. The number of benzene rings is 2. The minimum atomic E-state index is 0.579. The topological polar surface area (TPSA) is 3.24 Å². The molecule has 0 spiro atoms. The fourth-order valence-corrected chi connectivity index (χ4v) is 2.95. The monoisotopic (exact) mass is 275 g/mol. The molecule has 1 aliphatic rings. The molecule has 1 atom stereocenters. The van der Waals surface area contributed by atoms with Crippen molar-refractivity contribution in [1.82, 2.24) is 4.90 Å². The molecule has 0 N–H and O–H groups in total. The van der Waals surface area contributed by atoms with E-state index in [-0.39, 0.29) is 0 Å². The van der Waals surface area contributed by atoms with Gasteiger partial charge in [0.25, 0.3) is 0 Å². The number of hydrogen-bond acceptors (Lipinski definition) is 1. The van der Waals surface area contributed by atoms with E-state index in [2.05, 4.69) is 48.1 Å². The fraction of sp³-hybridized carbons (Fsp3) is 0.300. The molecule has 0 bridgehead atoms. The summed E-state index contributed by atoms with van der Waals surface area (Å²) in [6.07, 6.45) is 3.93. The molecule has 21 heavy (non-hydrogen) atoms. The molecule has 106 valence electrons. The van der Waals surface area contributed by atoms with Gasteiger partial charge in [-0.1, -0.05) is 48.6 Å². The van der Waals surface area contributed by atoms with Gasteiger partial charge in [-0.15, -0.1) is 0 Å². The van der Waals surface area contributed by atoms with Crippen molar-refractivity contribution in [3.8, 4) is 11.8 Å². The summed E-state index contributed by atoms with van der Waals surface area (Å²) >= 11 is 0. The van der Waals surface area contributed by atoms with Crippen LogP contribution in [-0.2, 0) is 0 Å². The van der Waals surface area contributed by atoms with Crippen LogP contribution in [0.15, 0.2) is 54.6 Å². The Morgan fingerprint density at radius 2 is 1.52 bits per heavy atom. The van der Waals surface area contributed by atoms with E-state index in [0.717, 1.165) is 11.1 Å². The zero-order valence-corrected chi connectivity index (χ0v) is 12.5. The van der Waals surface area contributed by atoms with Gasteiger partial charge < -0.3 is 0 Å². The van der Waals surface area contributed by atoms with Gasteiger partial charge in [0.05, 0.1) is 0 Å². The lowest BCUT2D eigenvalue weighted by molar-refractivity contribution is 0.187.